The van der Waals surface area contributed by atoms with Crippen molar-refractivity contribution in [2.24, 2.45) is 5.92 Å². The third-order valence-electron chi connectivity index (χ3n) is 5.63. The lowest BCUT2D eigenvalue weighted by molar-refractivity contribution is -0.120. The molecule has 3 heterocycles. The first-order valence-corrected chi connectivity index (χ1v) is 9.60. The number of rotatable bonds is 4. The van der Waals surface area contributed by atoms with Crippen molar-refractivity contribution in [1.82, 2.24) is 25.5 Å². The summed E-state index contributed by atoms with van der Waals surface area (Å²) >= 11 is 0. The molecule has 1 aliphatic carbocycles. The molecule has 0 spiro atoms. The molecular weight excluding hydrogens is 368 g/mol. The number of nitrogens with zero attached hydrogens (tertiary/aromatic N) is 4. The van der Waals surface area contributed by atoms with Crippen LogP contribution in [0, 0.1) is 5.92 Å². The number of aromatic amines is 1. The van der Waals surface area contributed by atoms with Crippen molar-refractivity contribution >= 4 is 17.6 Å². The van der Waals surface area contributed by atoms with Crippen LogP contribution in [0.25, 0.3) is 0 Å². The van der Waals surface area contributed by atoms with Crippen molar-refractivity contribution < 1.29 is 9.59 Å². The fourth-order valence-electron chi connectivity index (χ4n) is 4.06. The Hall–Kier alpha value is -3.55. The molecule has 2 aromatic heterocycles. The van der Waals surface area contributed by atoms with Gasteiger partial charge in [-0.1, -0.05) is 36.4 Å². The Morgan fingerprint density at radius 3 is 2.90 bits per heavy atom. The minimum absolute atomic E-state index is 0.0449. The van der Waals surface area contributed by atoms with Crippen LogP contribution in [0.4, 0.5) is 5.82 Å². The van der Waals surface area contributed by atoms with E-state index in [1.54, 1.807) is 13.2 Å². The number of amides is 2. The summed E-state index contributed by atoms with van der Waals surface area (Å²) in [7, 11) is 1.70. The summed E-state index contributed by atoms with van der Waals surface area (Å²) in [6.07, 6.45) is 3.09. The van der Waals surface area contributed by atoms with Crippen LogP contribution in [0.3, 0.4) is 0 Å². The minimum Gasteiger partial charge on any atom is -0.337 e. The molecular formula is C21H20N6O2. The van der Waals surface area contributed by atoms with E-state index >= 15 is 0 Å². The highest BCUT2D eigenvalue weighted by Crippen LogP contribution is 2.53. The number of hydrogen-bond donors (Lipinski definition) is 2. The zero-order chi connectivity index (χ0) is 20.0. The summed E-state index contributed by atoms with van der Waals surface area (Å²) < 4.78 is 0. The molecule has 29 heavy (non-hydrogen) atoms. The smallest absolute Gasteiger partial charge is 0.291 e. The fraction of sp³-hybridized carbons (Fsp3) is 0.286. The van der Waals surface area contributed by atoms with Gasteiger partial charge in [0.25, 0.3) is 11.8 Å². The van der Waals surface area contributed by atoms with Gasteiger partial charge < -0.3 is 5.32 Å². The maximum absolute atomic E-state index is 13.0. The molecule has 146 valence electrons. The molecule has 0 unspecified atom stereocenters. The van der Waals surface area contributed by atoms with Gasteiger partial charge in [0.15, 0.2) is 0 Å². The molecule has 0 saturated heterocycles. The Morgan fingerprint density at radius 2 is 2.07 bits per heavy atom. The van der Waals surface area contributed by atoms with Crippen LogP contribution >= 0.6 is 0 Å². The van der Waals surface area contributed by atoms with E-state index in [4.69, 9.17) is 0 Å². The number of benzene rings is 1. The van der Waals surface area contributed by atoms with Gasteiger partial charge in [0.1, 0.15) is 17.7 Å². The Bertz CT molecular complexity index is 1080. The van der Waals surface area contributed by atoms with Crippen molar-refractivity contribution in [3.05, 3.63) is 71.4 Å². The lowest BCUT2D eigenvalue weighted by Crippen LogP contribution is -2.48. The summed E-state index contributed by atoms with van der Waals surface area (Å²) in [5.41, 5.74) is 2.13. The highest BCUT2D eigenvalue weighted by atomic mass is 16.2. The number of carbonyl (C=O) groups is 2. The van der Waals surface area contributed by atoms with E-state index in [9.17, 15) is 9.59 Å². The Morgan fingerprint density at radius 1 is 1.24 bits per heavy atom. The number of aromatic nitrogens is 4. The van der Waals surface area contributed by atoms with E-state index in [2.05, 4.69) is 25.5 Å². The van der Waals surface area contributed by atoms with Gasteiger partial charge in [0, 0.05) is 19.7 Å². The van der Waals surface area contributed by atoms with Crippen LogP contribution in [0.5, 0.6) is 0 Å². The van der Waals surface area contributed by atoms with Gasteiger partial charge in [-0.2, -0.15) is 0 Å². The summed E-state index contributed by atoms with van der Waals surface area (Å²) in [5.74, 6) is 1.01. The Kier molecular flexibility index (Phi) is 4.12. The van der Waals surface area contributed by atoms with Crippen LogP contribution in [0.1, 0.15) is 39.9 Å². The van der Waals surface area contributed by atoms with Crippen molar-refractivity contribution in [2.45, 2.75) is 24.8 Å². The molecule has 8 heteroatoms. The lowest BCUT2D eigenvalue weighted by Gasteiger charge is -2.22. The second-order valence-electron chi connectivity index (χ2n) is 7.54. The van der Waals surface area contributed by atoms with Gasteiger partial charge in [-0.3, -0.25) is 19.6 Å². The lowest BCUT2D eigenvalue weighted by atomic mass is 10.1. The van der Waals surface area contributed by atoms with E-state index in [1.807, 2.05) is 42.5 Å². The molecule has 1 aliphatic heterocycles. The molecule has 2 N–H and O–H groups in total. The number of carbonyl (C=O) groups excluding carboxylic acids is 2. The van der Waals surface area contributed by atoms with Crippen LogP contribution in [0.15, 0.2) is 48.7 Å². The third-order valence-corrected chi connectivity index (χ3v) is 5.63. The monoisotopic (exact) mass is 388 g/mol. The van der Waals surface area contributed by atoms with Crippen molar-refractivity contribution in [2.75, 3.05) is 11.9 Å². The van der Waals surface area contributed by atoms with Gasteiger partial charge in [-0.15, -0.1) is 5.10 Å². The Labute approximate surface area is 167 Å². The number of fused-ring (bicyclic) bond motifs is 3. The van der Waals surface area contributed by atoms with Crippen LogP contribution in [-0.2, 0) is 11.2 Å². The summed E-state index contributed by atoms with van der Waals surface area (Å²) in [4.78, 5) is 35.9. The van der Waals surface area contributed by atoms with E-state index in [1.165, 1.54) is 4.90 Å². The van der Waals surface area contributed by atoms with Crippen molar-refractivity contribution in [1.29, 1.82) is 0 Å². The molecule has 3 aromatic rings. The maximum atomic E-state index is 13.0. The minimum atomic E-state index is -0.609. The predicted octanol–water partition coefficient (Wildman–Crippen LogP) is 1.67. The summed E-state index contributed by atoms with van der Waals surface area (Å²) in [6, 6.07) is 13.1. The van der Waals surface area contributed by atoms with E-state index in [0.717, 1.165) is 17.5 Å². The van der Waals surface area contributed by atoms with Gasteiger partial charge in [0.05, 0.1) is 0 Å². The average Bonchev–Trinajstić information content (AvgIpc) is 3.41. The standard InChI is InChI=1S/C21H20N6O2/c1-27-19-13(8-5-9-22-19)14-11-15(14)17(21(27)29)24-20(28)18-23-16(25-26-18)10-12-6-3-2-4-7-12/h2-9,14-15,17H,10-11H2,1H3,(H,24,28)(H,23,25,26)/t14-,15-,17-/m1/s1. The van der Waals surface area contributed by atoms with E-state index < -0.39 is 11.9 Å². The maximum Gasteiger partial charge on any atom is 0.291 e. The molecule has 8 nitrogen and oxygen atoms in total. The molecule has 2 aliphatic rings. The van der Waals surface area contributed by atoms with E-state index in [0.29, 0.717) is 18.1 Å². The fourth-order valence-corrected chi connectivity index (χ4v) is 4.06. The van der Waals surface area contributed by atoms with Crippen molar-refractivity contribution in [3.8, 4) is 0 Å². The first kappa shape index (κ1) is 17.5. The molecule has 1 saturated carbocycles. The SMILES string of the molecule is CN1C(=O)[C@H](NC(=O)c2n[nH]c(Cc3ccccc3)n2)[C@@H]2C[C@@H]2c2cccnc21. The Balaban J connectivity index is 1.32. The summed E-state index contributed by atoms with van der Waals surface area (Å²) in [5, 5.41) is 9.71. The van der Waals surface area contributed by atoms with E-state index in [-0.39, 0.29) is 23.6 Å². The van der Waals surface area contributed by atoms with Gasteiger partial charge in [-0.05, 0) is 35.4 Å². The third kappa shape index (κ3) is 3.16. The number of nitrogens with one attached hydrogen (secondary N) is 2. The quantitative estimate of drug-likeness (QED) is 0.708. The zero-order valence-corrected chi connectivity index (χ0v) is 15.9. The van der Waals surface area contributed by atoms with Crippen LogP contribution < -0.4 is 10.2 Å². The highest BCUT2D eigenvalue weighted by Gasteiger charge is 2.52. The van der Waals surface area contributed by atoms with Gasteiger partial charge in [0.2, 0.25) is 5.82 Å². The zero-order valence-electron chi connectivity index (χ0n) is 15.9. The number of likely N-dealkylation sites (N-methyl/N-ethyl adjacent to an activating group) is 1. The second-order valence-corrected chi connectivity index (χ2v) is 7.54. The first-order chi connectivity index (χ1) is 14.1. The second kappa shape index (κ2) is 6.80. The normalized spacial score (nSPS) is 22.4. The number of pyridine rings is 1. The molecule has 1 aromatic carbocycles. The van der Waals surface area contributed by atoms with Crippen LogP contribution in [-0.4, -0.2) is 45.1 Å². The molecule has 3 atom stereocenters. The molecule has 2 amide bonds. The largest absolute Gasteiger partial charge is 0.337 e. The first-order valence-electron chi connectivity index (χ1n) is 9.60. The molecule has 0 bridgehead atoms. The molecule has 5 rings (SSSR count). The topological polar surface area (TPSA) is 104 Å². The molecule has 0 radical (unpaired) electrons. The average molecular weight is 388 g/mol. The van der Waals surface area contributed by atoms with Gasteiger partial charge >= 0.3 is 0 Å². The number of anilines is 1. The number of hydrogen-bond acceptors (Lipinski definition) is 5. The van der Waals surface area contributed by atoms with Gasteiger partial charge in [-0.25, -0.2) is 9.97 Å². The summed E-state index contributed by atoms with van der Waals surface area (Å²) in [6.45, 7) is 0. The number of H-pyrrole nitrogens is 1. The molecule has 1 fully saturated rings. The predicted molar refractivity (Wildman–Crippen MR) is 105 cm³/mol. The van der Waals surface area contributed by atoms with Crippen LogP contribution in [0.2, 0.25) is 0 Å². The van der Waals surface area contributed by atoms with Crippen molar-refractivity contribution in [3.63, 3.8) is 0 Å². The highest BCUT2D eigenvalue weighted by molar-refractivity contribution is 6.02.